The van der Waals surface area contributed by atoms with Crippen LogP contribution in [-0.2, 0) is 11.3 Å². The van der Waals surface area contributed by atoms with Gasteiger partial charge in [-0.1, -0.05) is 0 Å². The van der Waals surface area contributed by atoms with Crippen LogP contribution in [0.1, 0.15) is 15.9 Å². The molecular weight excluding hydrogens is 248 g/mol. The molecule has 0 aliphatic heterocycles. The Labute approximate surface area is 108 Å². The summed E-state index contributed by atoms with van der Waals surface area (Å²) in [4.78, 5) is 25.4. The van der Waals surface area contributed by atoms with Crippen LogP contribution in [0, 0.1) is 10.1 Å². The number of hydrogen-bond acceptors (Lipinski definition) is 5. The normalized spacial score (nSPS) is 9.89. The van der Waals surface area contributed by atoms with Gasteiger partial charge in [0.15, 0.2) is 0 Å². The lowest BCUT2D eigenvalue weighted by Gasteiger charge is -2.04. The lowest BCUT2D eigenvalue weighted by atomic mass is 10.2. The van der Waals surface area contributed by atoms with Crippen LogP contribution in [-0.4, -0.2) is 15.9 Å². The molecule has 0 unspecified atom stereocenters. The molecule has 0 atom stereocenters. The summed E-state index contributed by atoms with van der Waals surface area (Å²) in [7, 11) is 0. The fraction of sp³-hybridized carbons (Fsp3) is 0.0769. The molecule has 6 nitrogen and oxygen atoms in total. The highest BCUT2D eigenvalue weighted by Gasteiger charge is 2.08. The third kappa shape index (κ3) is 3.35. The van der Waals surface area contributed by atoms with E-state index in [-0.39, 0.29) is 12.3 Å². The Bertz CT molecular complexity index is 581. The number of carbonyl (C=O) groups is 1. The summed E-state index contributed by atoms with van der Waals surface area (Å²) in [6.07, 6.45) is 2.98. The first-order chi connectivity index (χ1) is 9.16. The zero-order chi connectivity index (χ0) is 13.7. The van der Waals surface area contributed by atoms with Crippen molar-refractivity contribution in [1.82, 2.24) is 4.98 Å². The molecule has 0 bridgehead atoms. The van der Waals surface area contributed by atoms with Gasteiger partial charge in [0, 0.05) is 24.5 Å². The molecule has 19 heavy (non-hydrogen) atoms. The monoisotopic (exact) mass is 258 g/mol. The van der Waals surface area contributed by atoms with Crippen LogP contribution >= 0.6 is 0 Å². The smallest absolute Gasteiger partial charge is 0.340 e. The number of aromatic nitrogens is 1. The van der Waals surface area contributed by atoms with Crippen molar-refractivity contribution in [2.24, 2.45) is 0 Å². The Morgan fingerprint density at radius 2 is 2.00 bits per heavy atom. The van der Waals surface area contributed by atoms with Gasteiger partial charge in [-0.15, -0.1) is 0 Å². The molecule has 0 aliphatic carbocycles. The zero-order valence-corrected chi connectivity index (χ0v) is 9.85. The van der Waals surface area contributed by atoms with Crippen molar-refractivity contribution in [2.45, 2.75) is 6.61 Å². The number of nitro groups is 1. The molecule has 0 spiro atoms. The maximum absolute atomic E-state index is 11.6. The van der Waals surface area contributed by atoms with Gasteiger partial charge >= 0.3 is 5.97 Å². The average molecular weight is 258 g/mol. The minimum absolute atomic E-state index is 0.00216. The molecule has 0 saturated heterocycles. The summed E-state index contributed by atoms with van der Waals surface area (Å²) in [5.41, 5.74) is 1.05. The number of hydrogen-bond donors (Lipinski definition) is 0. The van der Waals surface area contributed by atoms with Crippen LogP contribution in [0.3, 0.4) is 0 Å². The summed E-state index contributed by atoms with van der Waals surface area (Å²) >= 11 is 0. The van der Waals surface area contributed by atoms with E-state index in [0.717, 1.165) is 0 Å². The molecule has 0 amide bonds. The first kappa shape index (κ1) is 12.7. The molecule has 1 aromatic heterocycles. The third-order valence-electron chi connectivity index (χ3n) is 2.41. The Morgan fingerprint density at radius 1 is 1.26 bits per heavy atom. The third-order valence-corrected chi connectivity index (χ3v) is 2.41. The van der Waals surface area contributed by atoms with Crippen LogP contribution in [0.5, 0.6) is 0 Å². The summed E-state index contributed by atoms with van der Waals surface area (Å²) in [6, 6.07) is 9.08. The maximum Gasteiger partial charge on any atom is 0.340 e. The Balaban J connectivity index is 1.95. The first-order valence-electron chi connectivity index (χ1n) is 5.47. The zero-order valence-electron chi connectivity index (χ0n) is 9.85. The second kappa shape index (κ2) is 5.72. The largest absolute Gasteiger partial charge is 0.457 e. The molecule has 1 aromatic carbocycles. The lowest BCUT2D eigenvalue weighted by Crippen LogP contribution is -2.05. The molecule has 2 rings (SSSR count). The quantitative estimate of drug-likeness (QED) is 0.477. The highest BCUT2D eigenvalue weighted by atomic mass is 16.6. The van der Waals surface area contributed by atoms with E-state index in [0.29, 0.717) is 11.1 Å². The molecule has 2 aromatic rings. The molecule has 0 N–H and O–H groups in total. The van der Waals surface area contributed by atoms with Crippen LogP contribution in [0.2, 0.25) is 0 Å². The number of pyridine rings is 1. The standard InChI is InChI=1S/C13H10N2O4/c16-13(11-2-1-7-14-8-11)19-9-10-3-5-12(6-4-10)15(17)18/h1-8H,9H2. The van der Waals surface area contributed by atoms with Crippen LogP contribution < -0.4 is 0 Å². The number of carbonyl (C=O) groups excluding carboxylic acids is 1. The summed E-state index contributed by atoms with van der Waals surface area (Å²) in [5.74, 6) is -0.480. The number of nitrogens with zero attached hydrogens (tertiary/aromatic N) is 2. The maximum atomic E-state index is 11.6. The van der Waals surface area contributed by atoms with Crippen molar-refractivity contribution in [1.29, 1.82) is 0 Å². The number of rotatable bonds is 4. The Kier molecular flexibility index (Phi) is 3.82. The fourth-order valence-electron chi connectivity index (χ4n) is 1.43. The van der Waals surface area contributed by atoms with E-state index in [2.05, 4.69) is 4.98 Å². The van der Waals surface area contributed by atoms with Crippen molar-refractivity contribution in [3.8, 4) is 0 Å². The van der Waals surface area contributed by atoms with Gasteiger partial charge in [-0.3, -0.25) is 15.1 Å². The molecule has 0 saturated carbocycles. The van der Waals surface area contributed by atoms with Gasteiger partial charge in [-0.05, 0) is 29.8 Å². The van der Waals surface area contributed by atoms with Crippen LogP contribution in [0.15, 0.2) is 48.8 Å². The van der Waals surface area contributed by atoms with E-state index in [4.69, 9.17) is 4.74 Å². The van der Waals surface area contributed by atoms with Gasteiger partial charge in [-0.25, -0.2) is 4.79 Å². The minimum atomic E-state index is -0.481. The Morgan fingerprint density at radius 3 is 2.58 bits per heavy atom. The van der Waals surface area contributed by atoms with Crippen molar-refractivity contribution in [3.63, 3.8) is 0 Å². The molecular formula is C13H10N2O4. The number of benzene rings is 1. The van der Waals surface area contributed by atoms with Gasteiger partial charge in [0.05, 0.1) is 10.5 Å². The minimum Gasteiger partial charge on any atom is -0.457 e. The van der Waals surface area contributed by atoms with Gasteiger partial charge in [0.1, 0.15) is 6.61 Å². The fourth-order valence-corrected chi connectivity index (χ4v) is 1.43. The van der Waals surface area contributed by atoms with E-state index in [1.807, 2.05) is 0 Å². The van der Waals surface area contributed by atoms with Crippen molar-refractivity contribution >= 4 is 11.7 Å². The lowest BCUT2D eigenvalue weighted by molar-refractivity contribution is -0.384. The van der Waals surface area contributed by atoms with Crippen molar-refractivity contribution < 1.29 is 14.5 Å². The van der Waals surface area contributed by atoms with E-state index in [1.54, 1.807) is 30.5 Å². The summed E-state index contributed by atoms with van der Waals surface area (Å²) in [6.45, 7) is 0.0612. The highest BCUT2D eigenvalue weighted by Crippen LogP contribution is 2.13. The van der Waals surface area contributed by atoms with Gasteiger partial charge in [0.2, 0.25) is 0 Å². The first-order valence-corrected chi connectivity index (χ1v) is 5.47. The molecule has 0 aliphatic rings. The van der Waals surface area contributed by atoms with Gasteiger partial charge in [0.25, 0.3) is 5.69 Å². The van der Waals surface area contributed by atoms with Crippen LogP contribution in [0.25, 0.3) is 0 Å². The van der Waals surface area contributed by atoms with E-state index < -0.39 is 10.9 Å². The van der Waals surface area contributed by atoms with E-state index >= 15 is 0 Å². The summed E-state index contributed by atoms with van der Waals surface area (Å²) in [5, 5.41) is 10.5. The average Bonchev–Trinajstić information content (AvgIpc) is 2.46. The highest BCUT2D eigenvalue weighted by molar-refractivity contribution is 5.88. The topological polar surface area (TPSA) is 82.3 Å². The molecule has 6 heteroatoms. The van der Waals surface area contributed by atoms with E-state index in [9.17, 15) is 14.9 Å². The number of non-ortho nitro benzene ring substituents is 1. The van der Waals surface area contributed by atoms with Gasteiger partial charge in [-0.2, -0.15) is 0 Å². The molecule has 96 valence electrons. The SMILES string of the molecule is O=C(OCc1ccc([N+](=O)[O-])cc1)c1cccnc1. The van der Waals surface area contributed by atoms with Crippen LogP contribution in [0.4, 0.5) is 5.69 Å². The van der Waals surface area contributed by atoms with Gasteiger partial charge < -0.3 is 4.74 Å². The molecule has 0 fully saturated rings. The number of nitro benzene ring substituents is 1. The predicted octanol–water partition coefficient (Wildman–Crippen LogP) is 2.35. The van der Waals surface area contributed by atoms with Crippen molar-refractivity contribution in [3.05, 3.63) is 70.0 Å². The Hall–Kier alpha value is -2.76. The molecule has 1 heterocycles. The number of ether oxygens (including phenoxy) is 1. The molecule has 0 radical (unpaired) electrons. The summed E-state index contributed by atoms with van der Waals surface area (Å²) < 4.78 is 5.07. The van der Waals surface area contributed by atoms with Crippen molar-refractivity contribution in [2.75, 3.05) is 0 Å². The number of esters is 1. The van der Waals surface area contributed by atoms with E-state index in [1.165, 1.54) is 18.3 Å². The second-order valence-corrected chi connectivity index (χ2v) is 3.74. The predicted molar refractivity (Wildman–Crippen MR) is 66.5 cm³/mol. The second-order valence-electron chi connectivity index (χ2n) is 3.74.